The first-order valence-electron chi connectivity index (χ1n) is 5.17. The summed E-state index contributed by atoms with van der Waals surface area (Å²) in [5.74, 6) is 0.351. The molecule has 0 amide bonds. The van der Waals surface area contributed by atoms with Gasteiger partial charge < -0.3 is 20.1 Å². The van der Waals surface area contributed by atoms with Crippen LogP contribution < -0.4 is 0 Å². The fourth-order valence-corrected chi connectivity index (χ4v) is 2.58. The molecule has 0 bridgehead atoms. The Hall–Kier alpha value is -0.160. The minimum Gasteiger partial charge on any atom is -0.394 e. The van der Waals surface area contributed by atoms with E-state index in [0.29, 0.717) is 5.92 Å². The third kappa shape index (κ3) is 1.21. The van der Waals surface area contributed by atoms with E-state index in [9.17, 15) is 10.2 Å². The fraction of sp³-hybridized carbons (Fsp3) is 1.00. The molecule has 82 valence electrons. The topological polar surface area (TPSA) is 69.9 Å². The standard InChI is InChI=1S/C10H18O4/c1-5(2)10-3-6(10)8(12)9(13)7(4-11)14-10/h5-9,11-13H,3-4H2,1-2H3/t6?,7?,8?,9-,10?/m0/s1. The molecule has 0 radical (unpaired) electrons. The van der Waals surface area contributed by atoms with Crippen molar-refractivity contribution in [2.45, 2.75) is 44.2 Å². The minimum atomic E-state index is -0.945. The van der Waals surface area contributed by atoms with Gasteiger partial charge in [-0.3, -0.25) is 0 Å². The van der Waals surface area contributed by atoms with Crippen LogP contribution in [0.1, 0.15) is 20.3 Å². The van der Waals surface area contributed by atoms with E-state index in [-0.39, 0.29) is 18.1 Å². The second-order valence-electron chi connectivity index (χ2n) is 4.74. The zero-order chi connectivity index (χ0) is 10.5. The second-order valence-corrected chi connectivity index (χ2v) is 4.74. The van der Waals surface area contributed by atoms with E-state index in [2.05, 4.69) is 0 Å². The van der Waals surface area contributed by atoms with Crippen molar-refractivity contribution in [2.75, 3.05) is 6.61 Å². The minimum absolute atomic E-state index is 0.0419. The average Bonchev–Trinajstić information content (AvgIpc) is 2.87. The average molecular weight is 202 g/mol. The quantitative estimate of drug-likeness (QED) is 0.565. The number of hydrogen-bond acceptors (Lipinski definition) is 4. The van der Waals surface area contributed by atoms with Gasteiger partial charge in [0.15, 0.2) is 0 Å². The predicted molar refractivity (Wildman–Crippen MR) is 49.6 cm³/mol. The van der Waals surface area contributed by atoms with Gasteiger partial charge >= 0.3 is 0 Å². The highest BCUT2D eigenvalue weighted by Crippen LogP contribution is 2.58. The number of aliphatic hydroxyl groups excluding tert-OH is 3. The maximum Gasteiger partial charge on any atom is 0.110 e. The first kappa shape index (κ1) is 10.4. The van der Waals surface area contributed by atoms with E-state index < -0.39 is 18.3 Å². The van der Waals surface area contributed by atoms with Crippen LogP contribution in [-0.2, 0) is 4.74 Å². The van der Waals surface area contributed by atoms with Crippen LogP contribution in [0.5, 0.6) is 0 Å². The van der Waals surface area contributed by atoms with Crippen LogP contribution >= 0.6 is 0 Å². The van der Waals surface area contributed by atoms with E-state index in [1.807, 2.05) is 13.8 Å². The van der Waals surface area contributed by atoms with Crippen LogP contribution in [0.25, 0.3) is 0 Å². The maximum absolute atomic E-state index is 9.76. The molecule has 1 saturated carbocycles. The SMILES string of the molecule is CC(C)C12CC1C(O)[C@@H](O)C(CO)O2. The summed E-state index contributed by atoms with van der Waals surface area (Å²) in [5.41, 5.74) is -0.300. The van der Waals surface area contributed by atoms with Gasteiger partial charge in [0, 0.05) is 5.92 Å². The van der Waals surface area contributed by atoms with Crippen molar-refractivity contribution in [1.82, 2.24) is 0 Å². The van der Waals surface area contributed by atoms with Gasteiger partial charge in [-0.25, -0.2) is 0 Å². The summed E-state index contributed by atoms with van der Waals surface area (Å²) in [7, 11) is 0. The molecule has 2 fully saturated rings. The Morgan fingerprint density at radius 1 is 1.36 bits per heavy atom. The summed E-state index contributed by atoms with van der Waals surface area (Å²) in [6.07, 6.45) is -1.53. The van der Waals surface area contributed by atoms with Gasteiger partial charge in [-0.2, -0.15) is 0 Å². The molecule has 0 aromatic heterocycles. The highest BCUT2D eigenvalue weighted by molar-refractivity contribution is 5.15. The largest absolute Gasteiger partial charge is 0.394 e. The number of fused-ring (bicyclic) bond motifs is 1. The molecule has 14 heavy (non-hydrogen) atoms. The van der Waals surface area contributed by atoms with Crippen LogP contribution in [0.3, 0.4) is 0 Å². The van der Waals surface area contributed by atoms with E-state index in [1.54, 1.807) is 0 Å². The fourth-order valence-electron chi connectivity index (χ4n) is 2.58. The molecule has 0 aromatic carbocycles. The van der Waals surface area contributed by atoms with Crippen molar-refractivity contribution in [3.05, 3.63) is 0 Å². The van der Waals surface area contributed by atoms with Gasteiger partial charge in [0.25, 0.3) is 0 Å². The first-order valence-corrected chi connectivity index (χ1v) is 5.17. The molecule has 4 nitrogen and oxygen atoms in total. The van der Waals surface area contributed by atoms with Gasteiger partial charge in [-0.1, -0.05) is 13.8 Å². The summed E-state index contributed by atoms with van der Waals surface area (Å²) >= 11 is 0. The van der Waals surface area contributed by atoms with Crippen molar-refractivity contribution in [2.24, 2.45) is 11.8 Å². The number of ether oxygens (including phenoxy) is 1. The Morgan fingerprint density at radius 2 is 2.00 bits per heavy atom. The summed E-state index contributed by atoms with van der Waals surface area (Å²) in [4.78, 5) is 0. The monoisotopic (exact) mass is 202 g/mol. The summed E-state index contributed by atoms with van der Waals surface area (Å²) in [5, 5.41) is 28.4. The van der Waals surface area contributed by atoms with Gasteiger partial charge in [0.2, 0.25) is 0 Å². The Labute approximate surface area is 83.5 Å². The van der Waals surface area contributed by atoms with Gasteiger partial charge in [-0.15, -0.1) is 0 Å². The zero-order valence-corrected chi connectivity index (χ0v) is 8.55. The lowest BCUT2D eigenvalue weighted by molar-refractivity contribution is -0.196. The Bertz CT molecular complexity index is 230. The van der Waals surface area contributed by atoms with Crippen LogP contribution in [0.2, 0.25) is 0 Å². The lowest BCUT2D eigenvalue weighted by Crippen LogP contribution is -2.52. The maximum atomic E-state index is 9.76. The normalized spacial score (nSPS) is 51.9. The molecule has 4 unspecified atom stereocenters. The molecular formula is C10H18O4. The van der Waals surface area contributed by atoms with Crippen molar-refractivity contribution in [3.63, 3.8) is 0 Å². The summed E-state index contributed by atoms with van der Waals surface area (Å²) in [6, 6.07) is 0. The van der Waals surface area contributed by atoms with Crippen LogP contribution in [0.15, 0.2) is 0 Å². The molecule has 5 atom stereocenters. The van der Waals surface area contributed by atoms with Crippen molar-refractivity contribution >= 4 is 0 Å². The molecule has 1 aliphatic heterocycles. The van der Waals surface area contributed by atoms with Crippen LogP contribution in [0, 0.1) is 11.8 Å². The lowest BCUT2D eigenvalue weighted by atomic mass is 9.92. The molecular weight excluding hydrogens is 184 g/mol. The smallest absolute Gasteiger partial charge is 0.110 e. The summed E-state index contributed by atoms with van der Waals surface area (Å²) < 4.78 is 5.68. The first-order chi connectivity index (χ1) is 6.53. The van der Waals surface area contributed by atoms with Gasteiger partial charge in [0.1, 0.15) is 12.2 Å². The van der Waals surface area contributed by atoms with Crippen molar-refractivity contribution < 1.29 is 20.1 Å². The van der Waals surface area contributed by atoms with E-state index in [0.717, 1.165) is 6.42 Å². The van der Waals surface area contributed by atoms with E-state index in [1.165, 1.54) is 0 Å². The third-order valence-corrected chi connectivity index (χ3v) is 3.68. The Balaban J connectivity index is 2.15. The predicted octanol–water partition coefficient (Wildman–Crippen LogP) is -0.486. The van der Waals surface area contributed by atoms with Crippen LogP contribution in [0.4, 0.5) is 0 Å². The molecule has 1 saturated heterocycles. The number of rotatable bonds is 2. The zero-order valence-electron chi connectivity index (χ0n) is 8.55. The highest BCUT2D eigenvalue weighted by atomic mass is 16.5. The molecule has 0 aromatic rings. The molecule has 1 heterocycles. The van der Waals surface area contributed by atoms with Crippen LogP contribution in [-0.4, -0.2) is 45.8 Å². The molecule has 0 spiro atoms. The number of hydrogen-bond donors (Lipinski definition) is 3. The van der Waals surface area contributed by atoms with Gasteiger partial charge in [-0.05, 0) is 12.3 Å². The van der Waals surface area contributed by atoms with Crippen molar-refractivity contribution in [3.8, 4) is 0 Å². The third-order valence-electron chi connectivity index (χ3n) is 3.68. The van der Waals surface area contributed by atoms with Gasteiger partial charge in [0.05, 0.1) is 18.3 Å². The Kier molecular flexibility index (Phi) is 2.34. The highest BCUT2D eigenvalue weighted by Gasteiger charge is 2.66. The molecule has 2 aliphatic rings. The molecule has 1 aliphatic carbocycles. The summed E-state index contributed by atoms with van der Waals surface area (Å²) in [6.45, 7) is 3.84. The van der Waals surface area contributed by atoms with E-state index in [4.69, 9.17) is 9.84 Å². The molecule has 3 N–H and O–H groups in total. The number of aliphatic hydroxyl groups is 3. The second kappa shape index (κ2) is 3.17. The Morgan fingerprint density at radius 3 is 2.50 bits per heavy atom. The van der Waals surface area contributed by atoms with Crippen molar-refractivity contribution in [1.29, 1.82) is 0 Å². The molecule has 4 heteroatoms. The lowest BCUT2D eigenvalue weighted by Gasteiger charge is -2.38. The molecule has 2 rings (SSSR count). The van der Waals surface area contributed by atoms with E-state index >= 15 is 0 Å².